The van der Waals surface area contributed by atoms with Gasteiger partial charge in [-0.3, -0.25) is 0 Å². The van der Waals surface area contributed by atoms with Crippen molar-refractivity contribution in [2.75, 3.05) is 12.8 Å². The number of methoxy groups -OCH3 is 1. The molecule has 0 aromatic heterocycles. The van der Waals surface area contributed by atoms with E-state index in [-0.39, 0.29) is 10.9 Å². The summed E-state index contributed by atoms with van der Waals surface area (Å²) < 4.78 is 33.3. The number of anilines is 1. The first-order chi connectivity index (χ1) is 11.4. The summed E-state index contributed by atoms with van der Waals surface area (Å²) in [6.45, 7) is 4.17. The quantitative estimate of drug-likeness (QED) is 0.780. The van der Waals surface area contributed by atoms with Crippen molar-refractivity contribution in [3.05, 3.63) is 54.1 Å². The predicted octanol–water partition coefficient (Wildman–Crippen LogP) is 3.27. The van der Waals surface area contributed by atoms with E-state index in [1.807, 2.05) is 44.2 Å². The predicted molar refractivity (Wildman–Crippen MR) is 96.3 cm³/mol. The molecular weight excluding hydrogens is 324 g/mol. The highest BCUT2D eigenvalue weighted by atomic mass is 32.2. The molecule has 1 unspecified atom stereocenters. The van der Waals surface area contributed by atoms with E-state index in [9.17, 15) is 8.42 Å². The monoisotopic (exact) mass is 348 g/mol. The summed E-state index contributed by atoms with van der Waals surface area (Å²) in [6, 6.07) is 14.1. The lowest BCUT2D eigenvalue weighted by molar-refractivity contribution is 0.320. The first-order valence-electron chi connectivity index (χ1n) is 7.89. The fourth-order valence-electron chi connectivity index (χ4n) is 2.47. The Balaban J connectivity index is 2.50. The second-order valence-electron chi connectivity index (χ2n) is 5.70. The second-order valence-corrected chi connectivity index (χ2v) is 7.56. The van der Waals surface area contributed by atoms with Gasteiger partial charge in [-0.05, 0) is 37.1 Å². The minimum absolute atomic E-state index is 0.0984. The van der Waals surface area contributed by atoms with Crippen molar-refractivity contribution < 1.29 is 13.2 Å². The first-order valence-corrected chi connectivity index (χ1v) is 9.33. The van der Waals surface area contributed by atoms with Crippen molar-refractivity contribution in [1.29, 1.82) is 0 Å². The van der Waals surface area contributed by atoms with E-state index in [0.29, 0.717) is 24.4 Å². The number of sulfonamides is 1. The maximum absolute atomic E-state index is 13.3. The summed E-state index contributed by atoms with van der Waals surface area (Å²) in [6.07, 6.45) is 0.705. The number of hydrogen-bond acceptors (Lipinski definition) is 4. The van der Waals surface area contributed by atoms with Crippen LogP contribution >= 0.6 is 0 Å². The molecule has 0 bridgehead atoms. The lowest BCUT2D eigenvalue weighted by Crippen LogP contribution is -2.38. The summed E-state index contributed by atoms with van der Waals surface area (Å²) in [5.74, 6) is 0.297. The molecule has 6 heteroatoms. The van der Waals surface area contributed by atoms with Gasteiger partial charge in [0.15, 0.2) is 0 Å². The zero-order chi connectivity index (χ0) is 17.7. The van der Waals surface area contributed by atoms with Crippen molar-refractivity contribution in [3.63, 3.8) is 0 Å². The van der Waals surface area contributed by atoms with Crippen molar-refractivity contribution >= 4 is 15.7 Å². The van der Waals surface area contributed by atoms with Gasteiger partial charge in [0.1, 0.15) is 10.6 Å². The van der Waals surface area contributed by atoms with Crippen LogP contribution in [0.25, 0.3) is 0 Å². The Bertz CT molecular complexity index is 776. The lowest BCUT2D eigenvalue weighted by Gasteiger charge is -2.28. The van der Waals surface area contributed by atoms with Crippen LogP contribution in [0.1, 0.15) is 25.8 Å². The van der Waals surface area contributed by atoms with Gasteiger partial charge in [-0.2, -0.15) is 4.31 Å². The Morgan fingerprint density at radius 1 is 1.17 bits per heavy atom. The molecule has 2 N–H and O–H groups in total. The SMILES string of the molecule is CCC(C)N(Cc1ccccc1)S(=O)(=O)c1cc(N)ccc1OC. The molecule has 130 valence electrons. The van der Waals surface area contributed by atoms with Crippen LogP contribution in [-0.4, -0.2) is 25.9 Å². The third-order valence-electron chi connectivity index (χ3n) is 4.04. The molecule has 0 aliphatic rings. The standard InChI is InChI=1S/C18H24N2O3S/c1-4-14(2)20(13-15-8-6-5-7-9-15)24(21,22)18-12-16(19)10-11-17(18)23-3/h5-12,14H,4,13,19H2,1-3H3. The van der Waals surface area contributed by atoms with Gasteiger partial charge in [0.2, 0.25) is 10.0 Å². The Hall–Kier alpha value is -2.05. The third-order valence-corrected chi connectivity index (χ3v) is 6.02. The molecule has 0 radical (unpaired) electrons. The normalized spacial score (nSPS) is 13.0. The molecular formula is C18H24N2O3S. The number of rotatable bonds is 7. The smallest absolute Gasteiger partial charge is 0.247 e. The summed E-state index contributed by atoms with van der Waals surface area (Å²) in [5, 5.41) is 0. The summed E-state index contributed by atoms with van der Waals surface area (Å²) in [7, 11) is -2.29. The maximum atomic E-state index is 13.3. The number of benzene rings is 2. The van der Waals surface area contributed by atoms with Crippen LogP contribution in [-0.2, 0) is 16.6 Å². The van der Waals surface area contributed by atoms with Gasteiger partial charge in [-0.25, -0.2) is 8.42 Å². The van der Waals surface area contributed by atoms with Gasteiger partial charge >= 0.3 is 0 Å². The van der Waals surface area contributed by atoms with E-state index in [0.717, 1.165) is 5.56 Å². The van der Waals surface area contributed by atoms with E-state index in [2.05, 4.69) is 0 Å². The number of hydrogen-bond donors (Lipinski definition) is 1. The van der Waals surface area contributed by atoms with Crippen molar-refractivity contribution in [1.82, 2.24) is 4.31 Å². The second kappa shape index (κ2) is 7.68. The van der Waals surface area contributed by atoms with E-state index in [4.69, 9.17) is 10.5 Å². The van der Waals surface area contributed by atoms with Gasteiger partial charge in [-0.1, -0.05) is 37.3 Å². The zero-order valence-corrected chi connectivity index (χ0v) is 15.1. The molecule has 1 atom stereocenters. The van der Waals surface area contributed by atoms with E-state index in [1.165, 1.54) is 17.5 Å². The molecule has 0 spiro atoms. The molecule has 24 heavy (non-hydrogen) atoms. The highest BCUT2D eigenvalue weighted by molar-refractivity contribution is 7.89. The average Bonchev–Trinajstić information content (AvgIpc) is 2.59. The Kier molecular flexibility index (Phi) is 5.85. The number of nitrogen functional groups attached to an aromatic ring is 1. The molecule has 0 amide bonds. The Morgan fingerprint density at radius 3 is 2.42 bits per heavy atom. The molecule has 2 rings (SSSR count). The molecule has 0 fully saturated rings. The van der Waals surface area contributed by atoms with Gasteiger partial charge < -0.3 is 10.5 Å². The minimum atomic E-state index is -3.75. The molecule has 0 heterocycles. The lowest BCUT2D eigenvalue weighted by atomic mass is 10.2. The van der Waals surface area contributed by atoms with Crippen LogP contribution in [0.5, 0.6) is 5.75 Å². The highest BCUT2D eigenvalue weighted by Gasteiger charge is 2.31. The molecule has 0 aliphatic heterocycles. The molecule has 5 nitrogen and oxygen atoms in total. The van der Waals surface area contributed by atoms with Crippen LogP contribution in [0.2, 0.25) is 0 Å². The summed E-state index contributed by atoms with van der Waals surface area (Å²) >= 11 is 0. The van der Waals surface area contributed by atoms with Crippen molar-refractivity contribution in [2.45, 2.75) is 37.8 Å². The fraction of sp³-hybridized carbons (Fsp3) is 0.333. The number of nitrogens with two attached hydrogens (primary N) is 1. The minimum Gasteiger partial charge on any atom is -0.495 e. The average molecular weight is 348 g/mol. The third kappa shape index (κ3) is 3.88. The molecule has 0 saturated heterocycles. The van der Waals surface area contributed by atoms with Crippen LogP contribution in [0.3, 0.4) is 0 Å². The van der Waals surface area contributed by atoms with Gasteiger partial charge in [0, 0.05) is 18.3 Å². The Labute approximate surface area is 144 Å². The van der Waals surface area contributed by atoms with Crippen molar-refractivity contribution in [2.24, 2.45) is 0 Å². The fourth-order valence-corrected chi connectivity index (χ4v) is 4.35. The summed E-state index contributed by atoms with van der Waals surface area (Å²) in [4.78, 5) is 0.0984. The van der Waals surface area contributed by atoms with Crippen LogP contribution in [0.15, 0.2) is 53.4 Å². The van der Waals surface area contributed by atoms with Gasteiger partial charge in [0.05, 0.1) is 7.11 Å². The molecule has 0 aliphatic carbocycles. The van der Waals surface area contributed by atoms with Crippen LogP contribution < -0.4 is 10.5 Å². The van der Waals surface area contributed by atoms with Crippen molar-refractivity contribution in [3.8, 4) is 5.75 Å². The van der Waals surface area contributed by atoms with Gasteiger partial charge in [-0.15, -0.1) is 0 Å². The van der Waals surface area contributed by atoms with Crippen LogP contribution in [0.4, 0.5) is 5.69 Å². The maximum Gasteiger partial charge on any atom is 0.247 e. The van der Waals surface area contributed by atoms with E-state index in [1.54, 1.807) is 12.1 Å². The summed E-state index contributed by atoms with van der Waals surface area (Å²) in [5.41, 5.74) is 7.12. The highest BCUT2D eigenvalue weighted by Crippen LogP contribution is 2.31. The molecule has 2 aromatic carbocycles. The zero-order valence-electron chi connectivity index (χ0n) is 14.3. The number of ether oxygens (including phenoxy) is 1. The van der Waals surface area contributed by atoms with E-state index < -0.39 is 10.0 Å². The molecule has 0 saturated carbocycles. The van der Waals surface area contributed by atoms with Crippen LogP contribution in [0, 0.1) is 0 Å². The first kappa shape index (κ1) is 18.3. The number of nitrogens with zero attached hydrogens (tertiary/aromatic N) is 1. The van der Waals surface area contributed by atoms with E-state index >= 15 is 0 Å². The van der Waals surface area contributed by atoms with Gasteiger partial charge in [0.25, 0.3) is 0 Å². The largest absolute Gasteiger partial charge is 0.495 e. The topological polar surface area (TPSA) is 72.6 Å². The Morgan fingerprint density at radius 2 is 1.83 bits per heavy atom. The molecule has 2 aromatic rings.